The lowest BCUT2D eigenvalue weighted by Crippen LogP contribution is -2.46. The van der Waals surface area contributed by atoms with Crippen LogP contribution in [0.4, 0.5) is 17.3 Å². The van der Waals surface area contributed by atoms with E-state index in [-0.39, 0.29) is 6.04 Å². The molecule has 0 spiro atoms. The lowest BCUT2D eigenvalue weighted by Gasteiger charge is -2.35. The molecule has 1 aromatic rings. The first-order chi connectivity index (χ1) is 10.2. The van der Waals surface area contributed by atoms with Gasteiger partial charge in [-0.25, -0.2) is 9.97 Å². The lowest BCUT2D eigenvalue weighted by atomic mass is 10.3. The van der Waals surface area contributed by atoms with Gasteiger partial charge in [0.15, 0.2) is 11.6 Å². The number of likely N-dealkylation sites (N-methyl/N-ethyl adjacent to an activating group) is 1. The second-order valence-electron chi connectivity index (χ2n) is 5.38. The summed E-state index contributed by atoms with van der Waals surface area (Å²) in [7, 11) is 1.68. The molecular formula is C14H26N6O. The van der Waals surface area contributed by atoms with Gasteiger partial charge in [-0.3, -0.25) is 0 Å². The summed E-state index contributed by atoms with van der Waals surface area (Å²) in [5.41, 5.74) is 6.86. The van der Waals surface area contributed by atoms with Gasteiger partial charge in [0, 0.05) is 39.3 Å². The fourth-order valence-corrected chi connectivity index (χ4v) is 2.55. The first-order valence-corrected chi connectivity index (χ1v) is 7.49. The van der Waals surface area contributed by atoms with Crippen molar-refractivity contribution < 1.29 is 4.74 Å². The van der Waals surface area contributed by atoms with Crippen LogP contribution in [0.25, 0.3) is 0 Å². The first-order valence-electron chi connectivity index (χ1n) is 7.49. The third kappa shape index (κ3) is 3.95. The zero-order valence-electron chi connectivity index (χ0n) is 13.2. The van der Waals surface area contributed by atoms with Gasteiger partial charge in [0.05, 0.1) is 6.61 Å². The van der Waals surface area contributed by atoms with Gasteiger partial charge in [-0.15, -0.1) is 0 Å². The maximum Gasteiger partial charge on any atom is 0.157 e. The van der Waals surface area contributed by atoms with E-state index in [1.54, 1.807) is 13.4 Å². The number of piperazine rings is 1. The Kier molecular flexibility index (Phi) is 5.58. The van der Waals surface area contributed by atoms with Crippen LogP contribution in [0.2, 0.25) is 0 Å². The number of methoxy groups -OCH3 is 1. The van der Waals surface area contributed by atoms with Crippen LogP contribution in [0.3, 0.4) is 0 Å². The van der Waals surface area contributed by atoms with E-state index in [4.69, 9.17) is 10.5 Å². The molecule has 1 aliphatic rings. The van der Waals surface area contributed by atoms with E-state index in [1.807, 2.05) is 6.92 Å². The lowest BCUT2D eigenvalue weighted by molar-refractivity contribution is 0.190. The molecule has 0 aliphatic carbocycles. The number of hydrogen-bond donors (Lipinski definition) is 2. The topological polar surface area (TPSA) is 79.5 Å². The summed E-state index contributed by atoms with van der Waals surface area (Å²) < 4.78 is 5.12. The molecule has 1 atom stereocenters. The van der Waals surface area contributed by atoms with Crippen LogP contribution >= 0.6 is 0 Å². The van der Waals surface area contributed by atoms with Crippen molar-refractivity contribution in [2.45, 2.75) is 19.9 Å². The van der Waals surface area contributed by atoms with Gasteiger partial charge in [-0.2, -0.15) is 0 Å². The Bertz CT molecular complexity index is 447. The minimum absolute atomic E-state index is 0.150. The molecule has 3 N–H and O–H groups in total. The Morgan fingerprint density at radius 2 is 2.05 bits per heavy atom. The molecule has 0 aromatic carbocycles. The number of nitrogens with two attached hydrogens (primary N) is 1. The van der Waals surface area contributed by atoms with Crippen molar-refractivity contribution in [1.29, 1.82) is 0 Å². The summed E-state index contributed by atoms with van der Waals surface area (Å²) in [5, 5.41) is 3.27. The minimum Gasteiger partial charge on any atom is -0.393 e. The quantitative estimate of drug-likeness (QED) is 0.797. The number of hydrogen-bond acceptors (Lipinski definition) is 7. The highest BCUT2D eigenvalue weighted by molar-refractivity contribution is 5.75. The molecule has 1 aromatic heterocycles. The van der Waals surface area contributed by atoms with Crippen molar-refractivity contribution >= 4 is 17.3 Å². The zero-order chi connectivity index (χ0) is 15.2. The highest BCUT2D eigenvalue weighted by Crippen LogP contribution is 2.27. The molecule has 7 nitrogen and oxygen atoms in total. The largest absolute Gasteiger partial charge is 0.393 e. The monoisotopic (exact) mass is 294 g/mol. The molecule has 0 bridgehead atoms. The standard InChI is InChI=1S/C14H26N6O/c1-4-19-5-7-20(8-6-19)14-12(15)13(16-10-17-14)18-11(2)9-21-3/h10-11H,4-9,15H2,1-3H3,(H,16,17,18). The number of ether oxygens (including phenoxy) is 1. The van der Waals surface area contributed by atoms with Crippen LogP contribution in [0.15, 0.2) is 6.33 Å². The van der Waals surface area contributed by atoms with Crippen LogP contribution in [0.5, 0.6) is 0 Å². The highest BCUT2D eigenvalue weighted by atomic mass is 16.5. The van der Waals surface area contributed by atoms with Gasteiger partial charge in [0.2, 0.25) is 0 Å². The third-order valence-electron chi connectivity index (χ3n) is 3.78. The molecule has 118 valence electrons. The van der Waals surface area contributed by atoms with E-state index in [1.165, 1.54) is 0 Å². The molecule has 1 fully saturated rings. The SMILES string of the molecule is CCN1CCN(c2ncnc(NC(C)COC)c2N)CC1. The van der Waals surface area contributed by atoms with Gasteiger partial charge in [0.1, 0.15) is 12.0 Å². The second kappa shape index (κ2) is 7.42. The number of aromatic nitrogens is 2. The predicted octanol–water partition coefficient (Wildman–Crippen LogP) is 0.648. The van der Waals surface area contributed by atoms with Crippen LogP contribution in [-0.2, 0) is 4.74 Å². The maximum atomic E-state index is 6.24. The number of nitrogen functional groups attached to an aromatic ring is 1. The molecule has 1 aliphatic heterocycles. The summed E-state index contributed by atoms with van der Waals surface area (Å²) in [5.74, 6) is 1.51. The third-order valence-corrected chi connectivity index (χ3v) is 3.78. The molecule has 0 saturated carbocycles. The molecule has 21 heavy (non-hydrogen) atoms. The van der Waals surface area contributed by atoms with Crippen molar-refractivity contribution in [3.8, 4) is 0 Å². The summed E-state index contributed by atoms with van der Waals surface area (Å²) in [4.78, 5) is 13.3. The minimum atomic E-state index is 0.150. The van der Waals surface area contributed by atoms with Gasteiger partial charge >= 0.3 is 0 Å². The van der Waals surface area contributed by atoms with Gasteiger partial charge < -0.3 is 25.6 Å². The van der Waals surface area contributed by atoms with Gasteiger partial charge in [0.25, 0.3) is 0 Å². The molecule has 1 saturated heterocycles. The van der Waals surface area contributed by atoms with Crippen molar-refractivity contribution in [3.05, 3.63) is 6.33 Å². The van der Waals surface area contributed by atoms with Gasteiger partial charge in [-0.1, -0.05) is 6.92 Å². The zero-order valence-corrected chi connectivity index (χ0v) is 13.2. The Morgan fingerprint density at radius 1 is 1.33 bits per heavy atom. The maximum absolute atomic E-state index is 6.24. The molecule has 2 rings (SSSR count). The van der Waals surface area contributed by atoms with E-state index in [0.29, 0.717) is 18.1 Å². The average molecular weight is 294 g/mol. The van der Waals surface area contributed by atoms with Gasteiger partial charge in [-0.05, 0) is 13.5 Å². The summed E-state index contributed by atoms with van der Waals surface area (Å²) in [6.45, 7) is 9.90. The molecular weight excluding hydrogens is 268 g/mol. The Morgan fingerprint density at radius 3 is 2.67 bits per heavy atom. The van der Waals surface area contributed by atoms with E-state index in [0.717, 1.165) is 38.5 Å². The molecule has 0 amide bonds. The van der Waals surface area contributed by atoms with Crippen molar-refractivity contribution in [1.82, 2.24) is 14.9 Å². The number of rotatable bonds is 6. The van der Waals surface area contributed by atoms with Crippen molar-refractivity contribution in [2.24, 2.45) is 0 Å². The molecule has 0 radical (unpaired) electrons. The fraction of sp³-hybridized carbons (Fsp3) is 0.714. The van der Waals surface area contributed by atoms with Crippen LogP contribution < -0.4 is 16.0 Å². The van der Waals surface area contributed by atoms with Crippen LogP contribution in [0, 0.1) is 0 Å². The number of anilines is 3. The Labute approximate surface area is 126 Å². The van der Waals surface area contributed by atoms with E-state index < -0.39 is 0 Å². The van der Waals surface area contributed by atoms with E-state index >= 15 is 0 Å². The molecule has 2 heterocycles. The normalized spacial score (nSPS) is 17.8. The Balaban J connectivity index is 2.07. The van der Waals surface area contributed by atoms with Crippen LogP contribution in [-0.4, -0.2) is 67.4 Å². The summed E-state index contributed by atoms with van der Waals surface area (Å²) in [6, 6.07) is 0.150. The molecule has 1 unspecified atom stereocenters. The number of nitrogens with zero attached hydrogens (tertiary/aromatic N) is 4. The van der Waals surface area contributed by atoms with E-state index in [9.17, 15) is 0 Å². The first kappa shape index (κ1) is 15.8. The van der Waals surface area contributed by atoms with Crippen LogP contribution in [0.1, 0.15) is 13.8 Å². The molecule has 7 heteroatoms. The number of nitrogens with one attached hydrogen (secondary N) is 1. The average Bonchev–Trinajstić information content (AvgIpc) is 2.50. The van der Waals surface area contributed by atoms with Crippen molar-refractivity contribution in [2.75, 3.05) is 62.4 Å². The fourth-order valence-electron chi connectivity index (χ4n) is 2.55. The Hall–Kier alpha value is -1.60. The highest BCUT2D eigenvalue weighted by Gasteiger charge is 2.20. The smallest absolute Gasteiger partial charge is 0.157 e. The summed E-state index contributed by atoms with van der Waals surface area (Å²) >= 11 is 0. The predicted molar refractivity (Wildman–Crippen MR) is 85.7 cm³/mol. The second-order valence-corrected chi connectivity index (χ2v) is 5.38. The summed E-state index contributed by atoms with van der Waals surface area (Å²) in [6.07, 6.45) is 1.57. The van der Waals surface area contributed by atoms with Crippen molar-refractivity contribution in [3.63, 3.8) is 0 Å². The van der Waals surface area contributed by atoms with E-state index in [2.05, 4.69) is 32.0 Å².